The first-order valence-corrected chi connectivity index (χ1v) is 11.5. The van der Waals surface area contributed by atoms with Gasteiger partial charge in [-0.15, -0.1) is 0 Å². The molecule has 1 spiro atoms. The Kier molecular flexibility index (Phi) is 5.24. The van der Waals surface area contributed by atoms with Crippen LogP contribution in [0.4, 0.5) is 5.69 Å². The Morgan fingerprint density at radius 1 is 1.03 bits per heavy atom. The van der Waals surface area contributed by atoms with E-state index in [9.17, 15) is 9.59 Å². The van der Waals surface area contributed by atoms with E-state index in [1.165, 1.54) is 0 Å². The van der Waals surface area contributed by atoms with Crippen LogP contribution in [-0.2, 0) is 9.59 Å². The summed E-state index contributed by atoms with van der Waals surface area (Å²) in [4.78, 5) is 35.6. The molecule has 166 valence electrons. The number of aryl methyl sites for hydroxylation is 2. The van der Waals surface area contributed by atoms with Crippen LogP contribution in [0.2, 0.25) is 0 Å². The summed E-state index contributed by atoms with van der Waals surface area (Å²) < 4.78 is 5.75. The molecule has 0 radical (unpaired) electrons. The molecule has 2 aliphatic heterocycles. The Hall–Kier alpha value is -3.15. The minimum Gasteiger partial charge on any atom is -0.490 e. The molecule has 2 amide bonds. The SMILES string of the molecule is Cc1ccc(C2=NC3(CCCCC3)N(CC(=O)N3CCOc4ccc(C)cc43)C2=O)cc1. The number of benzene rings is 2. The Labute approximate surface area is 188 Å². The van der Waals surface area contributed by atoms with Crippen LogP contribution >= 0.6 is 0 Å². The summed E-state index contributed by atoms with van der Waals surface area (Å²) in [5.74, 6) is 0.493. The minimum absolute atomic E-state index is 0.0328. The van der Waals surface area contributed by atoms with Gasteiger partial charge >= 0.3 is 0 Å². The summed E-state index contributed by atoms with van der Waals surface area (Å²) in [6.45, 7) is 4.99. The molecule has 0 atom stereocenters. The second-order valence-corrected chi connectivity index (χ2v) is 9.13. The number of ether oxygens (including phenoxy) is 1. The zero-order chi connectivity index (χ0) is 22.3. The highest BCUT2D eigenvalue weighted by Gasteiger charge is 2.48. The van der Waals surface area contributed by atoms with Crippen LogP contribution in [0.25, 0.3) is 0 Å². The first kappa shape index (κ1) is 20.7. The third-order valence-corrected chi connectivity index (χ3v) is 6.82. The Balaban J connectivity index is 1.45. The Morgan fingerprint density at radius 2 is 1.75 bits per heavy atom. The van der Waals surface area contributed by atoms with E-state index < -0.39 is 5.66 Å². The quantitative estimate of drug-likeness (QED) is 0.737. The minimum atomic E-state index is -0.604. The number of fused-ring (bicyclic) bond motifs is 1. The fourth-order valence-electron chi connectivity index (χ4n) is 5.06. The summed E-state index contributed by atoms with van der Waals surface area (Å²) in [7, 11) is 0. The van der Waals surface area contributed by atoms with E-state index in [-0.39, 0.29) is 18.4 Å². The molecule has 3 aliphatic rings. The number of hydrogen-bond acceptors (Lipinski definition) is 4. The maximum absolute atomic E-state index is 13.6. The molecule has 0 N–H and O–H groups in total. The van der Waals surface area contributed by atoms with Gasteiger partial charge in [-0.1, -0.05) is 42.3 Å². The number of carbonyl (C=O) groups excluding carboxylic acids is 2. The van der Waals surface area contributed by atoms with Crippen LogP contribution in [-0.4, -0.2) is 47.8 Å². The van der Waals surface area contributed by atoms with Gasteiger partial charge in [-0.05, 0) is 57.2 Å². The maximum atomic E-state index is 13.6. The topological polar surface area (TPSA) is 62.2 Å². The van der Waals surface area contributed by atoms with Gasteiger partial charge in [0.25, 0.3) is 5.91 Å². The molecule has 2 aromatic rings. The molecule has 1 fully saturated rings. The number of aliphatic imine (C=N–C) groups is 1. The molecule has 6 nitrogen and oxygen atoms in total. The van der Waals surface area contributed by atoms with Gasteiger partial charge in [0.1, 0.15) is 30.3 Å². The molecule has 1 saturated carbocycles. The zero-order valence-electron chi connectivity index (χ0n) is 18.8. The van der Waals surface area contributed by atoms with E-state index in [2.05, 4.69) is 0 Å². The van der Waals surface area contributed by atoms with Crippen molar-refractivity contribution >= 4 is 23.2 Å². The summed E-state index contributed by atoms with van der Waals surface area (Å²) in [5.41, 5.74) is 3.70. The van der Waals surface area contributed by atoms with Gasteiger partial charge in [0, 0.05) is 5.56 Å². The molecule has 0 saturated heterocycles. The third kappa shape index (κ3) is 3.57. The lowest BCUT2D eigenvalue weighted by Crippen LogP contribution is -2.53. The number of amides is 2. The first-order chi connectivity index (χ1) is 15.5. The summed E-state index contributed by atoms with van der Waals surface area (Å²) >= 11 is 0. The molecule has 6 heteroatoms. The van der Waals surface area contributed by atoms with Crippen molar-refractivity contribution in [1.29, 1.82) is 0 Å². The maximum Gasteiger partial charge on any atom is 0.275 e. The molecule has 2 heterocycles. The summed E-state index contributed by atoms with van der Waals surface area (Å²) in [5, 5.41) is 0. The highest BCUT2D eigenvalue weighted by molar-refractivity contribution is 6.47. The van der Waals surface area contributed by atoms with Gasteiger partial charge in [0.15, 0.2) is 0 Å². The van der Waals surface area contributed by atoms with Crippen molar-refractivity contribution in [2.75, 3.05) is 24.6 Å². The van der Waals surface area contributed by atoms with Crippen molar-refractivity contribution in [1.82, 2.24) is 4.90 Å². The lowest BCUT2D eigenvalue weighted by Gasteiger charge is -2.40. The fraction of sp³-hybridized carbons (Fsp3) is 0.423. The normalized spacial score (nSPS) is 19.6. The van der Waals surface area contributed by atoms with Crippen molar-refractivity contribution in [3.8, 4) is 5.75 Å². The van der Waals surface area contributed by atoms with Crippen molar-refractivity contribution in [2.45, 2.75) is 51.6 Å². The van der Waals surface area contributed by atoms with Crippen molar-refractivity contribution in [3.05, 3.63) is 59.2 Å². The summed E-state index contributed by atoms with van der Waals surface area (Å²) in [6, 6.07) is 13.8. The predicted molar refractivity (Wildman–Crippen MR) is 124 cm³/mol. The van der Waals surface area contributed by atoms with Crippen LogP contribution in [0.15, 0.2) is 47.5 Å². The lowest BCUT2D eigenvalue weighted by molar-refractivity contribution is -0.135. The number of rotatable bonds is 3. The molecule has 0 aromatic heterocycles. The Morgan fingerprint density at radius 3 is 2.50 bits per heavy atom. The van der Waals surface area contributed by atoms with Gasteiger partial charge in [-0.25, -0.2) is 0 Å². The van der Waals surface area contributed by atoms with Gasteiger partial charge < -0.3 is 14.5 Å². The second-order valence-electron chi connectivity index (χ2n) is 9.13. The number of hydrogen-bond donors (Lipinski definition) is 0. The molecular weight excluding hydrogens is 402 g/mol. The van der Waals surface area contributed by atoms with Crippen LogP contribution in [0, 0.1) is 13.8 Å². The van der Waals surface area contributed by atoms with Gasteiger partial charge in [-0.2, -0.15) is 0 Å². The number of carbonyl (C=O) groups is 2. The molecule has 0 bridgehead atoms. The number of anilines is 1. The zero-order valence-corrected chi connectivity index (χ0v) is 18.8. The molecule has 32 heavy (non-hydrogen) atoms. The van der Waals surface area contributed by atoms with Crippen LogP contribution in [0.1, 0.15) is 48.8 Å². The Bertz CT molecular complexity index is 1080. The monoisotopic (exact) mass is 431 g/mol. The average Bonchev–Trinajstić information content (AvgIpc) is 3.05. The van der Waals surface area contributed by atoms with E-state index in [0.717, 1.165) is 54.5 Å². The molecule has 2 aromatic carbocycles. The van der Waals surface area contributed by atoms with Gasteiger partial charge in [-0.3, -0.25) is 14.6 Å². The van der Waals surface area contributed by atoms with E-state index in [1.54, 1.807) is 9.80 Å². The van der Waals surface area contributed by atoms with Crippen molar-refractivity contribution in [2.24, 2.45) is 4.99 Å². The van der Waals surface area contributed by atoms with Crippen LogP contribution in [0.3, 0.4) is 0 Å². The lowest BCUT2D eigenvalue weighted by atomic mass is 9.88. The highest BCUT2D eigenvalue weighted by atomic mass is 16.5. The van der Waals surface area contributed by atoms with Crippen molar-refractivity contribution in [3.63, 3.8) is 0 Å². The predicted octanol–water partition coefficient (Wildman–Crippen LogP) is 4.02. The smallest absolute Gasteiger partial charge is 0.275 e. The van der Waals surface area contributed by atoms with Gasteiger partial charge in [0.2, 0.25) is 5.91 Å². The van der Waals surface area contributed by atoms with E-state index in [1.807, 2.05) is 56.3 Å². The molecule has 1 aliphatic carbocycles. The summed E-state index contributed by atoms with van der Waals surface area (Å²) in [6.07, 6.45) is 4.79. The van der Waals surface area contributed by atoms with Crippen LogP contribution < -0.4 is 9.64 Å². The van der Waals surface area contributed by atoms with Crippen LogP contribution in [0.5, 0.6) is 5.75 Å². The van der Waals surface area contributed by atoms with E-state index in [0.29, 0.717) is 24.6 Å². The second kappa shape index (κ2) is 8.08. The molecule has 0 unspecified atom stereocenters. The number of nitrogens with zero attached hydrogens (tertiary/aromatic N) is 3. The van der Waals surface area contributed by atoms with E-state index >= 15 is 0 Å². The van der Waals surface area contributed by atoms with Gasteiger partial charge in [0.05, 0.1) is 12.2 Å². The molecular formula is C26H29N3O3. The standard InChI is InChI=1S/C26H29N3O3/c1-18-6-9-20(10-7-18)24-25(31)29(26(27-24)12-4-3-5-13-26)17-23(30)28-14-15-32-22-11-8-19(2)16-21(22)28/h6-11,16H,3-5,12-15,17H2,1-2H3. The fourth-order valence-corrected chi connectivity index (χ4v) is 5.06. The highest BCUT2D eigenvalue weighted by Crippen LogP contribution is 2.40. The first-order valence-electron chi connectivity index (χ1n) is 11.5. The molecule has 5 rings (SSSR count). The average molecular weight is 432 g/mol. The largest absolute Gasteiger partial charge is 0.490 e. The third-order valence-electron chi connectivity index (χ3n) is 6.82. The van der Waals surface area contributed by atoms with E-state index in [4.69, 9.17) is 9.73 Å². The van der Waals surface area contributed by atoms with Crippen molar-refractivity contribution < 1.29 is 14.3 Å².